The Hall–Kier alpha value is -1.94. The minimum Gasteiger partial charge on any atom is -0.497 e. The van der Waals surface area contributed by atoms with Crippen LogP contribution in [0.2, 0.25) is 0 Å². The van der Waals surface area contributed by atoms with Crippen LogP contribution in [-0.2, 0) is 10.5 Å². The van der Waals surface area contributed by atoms with E-state index in [1.165, 1.54) is 22.3 Å². The summed E-state index contributed by atoms with van der Waals surface area (Å²) in [6.07, 6.45) is 0. The number of carbonyl (C=O) groups excluding carboxylic acids is 1. The molecule has 1 amide bonds. The first-order chi connectivity index (χ1) is 11.5. The number of hydrogen-bond donors (Lipinski definition) is 1. The first kappa shape index (κ1) is 18.4. The van der Waals surface area contributed by atoms with Gasteiger partial charge >= 0.3 is 0 Å². The molecule has 4 heteroatoms. The molecule has 3 nitrogen and oxygen atoms in total. The third-order valence-corrected chi connectivity index (χ3v) is 4.94. The van der Waals surface area contributed by atoms with E-state index in [1.54, 1.807) is 18.9 Å². The summed E-state index contributed by atoms with van der Waals surface area (Å²) >= 11 is 1.62. The van der Waals surface area contributed by atoms with E-state index in [2.05, 4.69) is 37.4 Å². The van der Waals surface area contributed by atoms with Crippen LogP contribution < -0.4 is 10.1 Å². The lowest BCUT2D eigenvalue weighted by atomic mass is 10.00. The maximum atomic E-state index is 12.2. The molecule has 128 valence electrons. The van der Waals surface area contributed by atoms with Crippen LogP contribution >= 0.6 is 11.8 Å². The van der Waals surface area contributed by atoms with Crippen molar-refractivity contribution in [2.75, 3.05) is 12.9 Å². The third-order valence-electron chi connectivity index (χ3n) is 3.94. The zero-order valence-corrected chi connectivity index (χ0v) is 15.6. The number of thioether (sulfide) groups is 1. The molecule has 0 aliphatic rings. The van der Waals surface area contributed by atoms with Crippen molar-refractivity contribution in [3.8, 4) is 5.75 Å². The molecule has 2 rings (SSSR count). The van der Waals surface area contributed by atoms with Crippen LogP contribution in [0.4, 0.5) is 0 Å². The predicted molar refractivity (Wildman–Crippen MR) is 102 cm³/mol. The summed E-state index contributed by atoms with van der Waals surface area (Å²) in [4.78, 5) is 12.2. The Bertz CT molecular complexity index is 683. The fourth-order valence-corrected chi connectivity index (χ4v) is 3.37. The molecule has 2 aromatic carbocycles. The van der Waals surface area contributed by atoms with Gasteiger partial charge in [0.2, 0.25) is 5.91 Å². The van der Waals surface area contributed by atoms with Crippen molar-refractivity contribution < 1.29 is 9.53 Å². The molecule has 0 aliphatic carbocycles. The highest BCUT2D eigenvalue weighted by atomic mass is 32.2. The first-order valence-corrected chi connectivity index (χ1v) is 9.22. The van der Waals surface area contributed by atoms with Gasteiger partial charge in [-0.1, -0.05) is 35.9 Å². The molecule has 0 saturated carbocycles. The van der Waals surface area contributed by atoms with Gasteiger partial charge < -0.3 is 10.1 Å². The molecule has 2 aromatic rings. The highest BCUT2D eigenvalue weighted by molar-refractivity contribution is 7.99. The van der Waals surface area contributed by atoms with Crippen molar-refractivity contribution in [2.24, 2.45) is 0 Å². The summed E-state index contributed by atoms with van der Waals surface area (Å²) < 4.78 is 5.14. The standard InChI is InChI=1S/C20H25NO2S/c1-14-5-6-15(2)19(11-14)16(3)21-20(22)13-24-12-17-7-9-18(23-4)10-8-17/h5-11,16H,12-13H2,1-4H3,(H,21,22)/t16-/m0/s1. The quantitative estimate of drug-likeness (QED) is 0.808. The van der Waals surface area contributed by atoms with Crippen molar-refractivity contribution in [1.29, 1.82) is 0 Å². The molecule has 1 N–H and O–H groups in total. The summed E-state index contributed by atoms with van der Waals surface area (Å²) in [5, 5.41) is 3.09. The fourth-order valence-electron chi connectivity index (χ4n) is 2.57. The van der Waals surface area contributed by atoms with Crippen LogP contribution in [0, 0.1) is 13.8 Å². The van der Waals surface area contributed by atoms with Crippen LogP contribution in [0.1, 0.15) is 35.2 Å². The molecule has 0 saturated heterocycles. The second-order valence-corrected chi connectivity index (χ2v) is 6.98. The zero-order valence-electron chi connectivity index (χ0n) is 14.8. The van der Waals surface area contributed by atoms with Crippen molar-refractivity contribution in [2.45, 2.75) is 32.6 Å². The number of rotatable bonds is 7. The molecule has 0 spiro atoms. The molecule has 0 unspecified atom stereocenters. The average Bonchev–Trinajstić information content (AvgIpc) is 2.57. The maximum absolute atomic E-state index is 12.2. The largest absolute Gasteiger partial charge is 0.497 e. The SMILES string of the molecule is COc1ccc(CSCC(=O)N[C@@H](C)c2cc(C)ccc2C)cc1. The minimum absolute atomic E-state index is 0.0268. The van der Waals surface area contributed by atoms with Gasteiger partial charge in [0.05, 0.1) is 18.9 Å². The smallest absolute Gasteiger partial charge is 0.230 e. The summed E-state index contributed by atoms with van der Waals surface area (Å²) in [5.74, 6) is 2.20. The molecule has 0 aliphatic heterocycles. The number of hydrogen-bond acceptors (Lipinski definition) is 3. The van der Waals surface area contributed by atoms with Crippen molar-refractivity contribution >= 4 is 17.7 Å². The Morgan fingerprint density at radius 3 is 2.54 bits per heavy atom. The number of benzene rings is 2. The van der Waals surface area contributed by atoms with Gasteiger partial charge in [0.1, 0.15) is 5.75 Å². The normalized spacial score (nSPS) is 11.8. The average molecular weight is 343 g/mol. The van der Waals surface area contributed by atoms with Crippen LogP contribution in [0.15, 0.2) is 42.5 Å². The van der Waals surface area contributed by atoms with Gasteiger partial charge in [-0.15, -0.1) is 11.8 Å². The van der Waals surface area contributed by atoms with E-state index in [9.17, 15) is 4.79 Å². The van der Waals surface area contributed by atoms with Crippen LogP contribution in [0.5, 0.6) is 5.75 Å². The number of carbonyl (C=O) groups is 1. The van der Waals surface area contributed by atoms with E-state index in [0.29, 0.717) is 5.75 Å². The van der Waals surface area contributed by atoms with Crippen LogP contribution in [0.3, 0.4) is 0 Å². The monoisotopic (exact) mass is 343 g/mol. The Morgan fingerprint density at radius 1 is 1.17 bits per heavy atom. The maximum Gasteiger partial charge on any atom is 0.230 e. The summed E-state index contributed by atoms with van der Waals surface area (Å²) in [6, 6.07) is 14.3. The third kappa shape index (κ3) is 5.31. The fraction of sp³-hybridized carbons (Fsp3) is 0.350. The molecular formula is C20H25NO2S. The molecule has 0 bridgehead atoms. The van der Waals surface area contributed by atoms with Gasteiger partial charge in [-0.25, -0.2) is 0 Å². The van der Waals surface area contributed by atoms with Gasteiger partial charge in [0, 0.05) is 5.75 Å². The number of ether oxygens (including phenoxy) is 1. The first-order valence-electron chi connectivity index (χ1n) is 8.07. The lowest BCUT2D eigenvalue weighted by molar-refractivity contribution is -0.119. The van der Waals surface area contributed by atoms with E-state index in [4.69, 9.17) is 4.74 Å². The summed E-state index contributed by atoms with van der Waals surface area (Å²) in [6.45, 7) is 6.19. The van der Waals surface area contributed by atoms with E-state index in [1.807, 2.05) is 31.2 Å². The Morgan fingerprint density at radius 2 is 1.88 bits per heavy atom. The van der Waals surface area contributed by atoms with E-state index in [0.717, 1.165) is 11.5 Å². The molecule has 1 atom stereocenters. The molecule has 0 heterocycles. The van der Waals surface area contributed by atoms with E-state index < -0.39 is 0 Å². The predicted octanol–water partition coefficient (Wildman–Crippen LogP) is 4.42. The molecule has 24 heavy (non-hydrogen) atoms. The second kappa shape index (κ2) is 8.78. The highest BCUT2D eigenvalue weighted by Crippen LogP contribution is 2.20. The highest BCUT2D eigenvalue weighted by Gasteiger charge is 2.12. The molecular weight excluding hydrogens is 318 g/mol. The number of aryl methyl sites for hydroxylation is 2. The van der Waals surface area contributed by atoms with Gasteiger partial charge in [0.15, 0.2) is 0 Å². The lowest BCUT2D eigenvalue weighted by Crippen LogP contribution is -2.28. The number of amides is 1. The minimum atomic E-state index is 0.0268. The van der Waals surface area contributed by atoms with Crippen LogP contribution in [0.25, 0.3) is 0 Å². The molecule has 0 aromatic heterocycles. The van der Waals surface area contributed by atoms with E-state index >= 15 is 0 Å². The van der Waals surface area contributed by atoms with Gasteiger partial charge in [-0.05, 0) is 49.6 Å². The molecule has 0 radical (unpaired) electrons. The van der Waals surface area contributed by atoms with Gasteiger partial charge in [-0.2, -0.15) is 0 Å². The van der Waals surface area contributed by atoms with Crippen molar-refractivity contribution in [1.82, 2.24) is 5.32 Å². The Kier molecular flexibility index (Phi) is 6.73. The lowest BCUT2D eigenvalue weighted by Gasteiger charge is -2.17. The van der Waals surface area contributed by atoms with Gasteiger partial charge in [-0.3, -0.25) is 4.79 Å². The number of methoxy groups -OCH3 is 1. The number of nitrogens with one attached hydrogen (secondary N) is 1. The summed E-state index contributed by atoms with van der Waals surface area (Å²) in [5.41, 5.74) is 4.80. The Balaban J connectivity index is 1.81. The zero-order chi connectivity index (χ0) is 17.5. The Labute approximate surface area is 148 Å². The van der Waals surface area contributed by atoms with E-state index in [-0.39, 0.29) is 11.9 Å². The summed E-state index contributed by atoms with van der Waals surface area (Å²) in [7, 11) is 1.66. The van der Waals surface area contributed by atoms with Crippen molar-refractivity contribution in [3.05, 3.63) is 64.7 Å². The van der Waals surface area contributed by atoms with Gasteiger partial charge in [0.25, 0.3) is 0 Å². The second-order valence-electron chi connectivity index (χ2n) is 5.99. The topological polar surface area (TPSA) is 38.3 Å². The van der Waals surface area contributed by atoms with Crippen LogP contribution in [-0.4, -0.2) is 18.8 Å². The molecule has 0 fully saturated rings. The van der Waals surface area contributed by atoms with Crippen molar-refractivity contribution in [3.63, 3.8) is 0 Å².